The molecule has 1 fully saturated rings. The second-order valence-electron chi connectivity index (χ2n) is 6.67. The standard InChI is InChI=1S/C19H21N5O3S/c1-20-18(26)14-9-21-10-17(22-14)27-11-6-7-13-16(8-11)28-19(24-13)23-12-4-2-3-5-15(12)25/h6-10,12,15,25H,2-5H2,1H3,(H,20,26)(H,23,24)/t12-,15-/m1/s1. The minimum Gasteiger partial charge on any atom is -0.437 e. The fourth-order valence-corrected chi connectivity index (χ4v) is 4.18. The van der Waals surface area contributed by atoms with Crippen LogP contribution in [-0.2, 0) is 0 Å². The molecule has 0 unspecified atom stereocenters. The maximum Gasteiger partial charge on any atom is 0.271 e. The number of thiazole rings is 1. The fourth-order valence-electron chi connectivity index (χ4n) is 3.22. The van der Waals surface area contributed by atoms with E-state index >= 15 is 0 Å². The van der Waals surface area contributed by atoms with E-state index in [1.165, 1.54) is 30.8 Å². The van der Waals surface area contributed by atoms with Crippen LogP contribution < -0.4 is 15.4 Å². The van der Waals surface area contributed by atoms with Crippen LogP contribution >= 0.6 is 11.3 Å². The van der Waals surface area contributed by atoms with Crippen molar-refractivity contribution in [2.24, 2.45) is 0 Å². The average Bonchev–Trinajstić information content (AvgIpc) is 3.11. The number of hydrogen-bond donors (Lipinski definition) is 3. The summed E-state index contributed by atoms with van der Waals surface area (Å²) in [5, 5.41) is 16.8. The molecule has 28 heavy (non-hydrogen) atoms. The molecule has 0 spiro atoms. The Hall–Kier alpha value is -2.78. The van der Waals surface area contributed by atoms with Gasteiger partial charge in [0.05, 0.1) is 34.8 Å². The Morgan fingerprint density at radius 1 is 1.25 bits per heavy atom. The number of hydrogen-bond acceptors (Lipinski definition) is 8. The number of rotatable bonds is 5. The summed E-state index contributed by atoms with van der Waals surface area (Å²) in [5.41, 5.74) is 1.05. The third-order valence-corrected chi connectivity index (χ3v) is 5.64. The van der Waals surface area contributed by atoms with E-state index in [2.05, 4.69) is 25.6 Å². The van der Waals surface area contributed by atoms with Gasteiger partial charge < -0.3 is 20.5 Å². The molecule has 1 amide bonds. The van der Waals surface area contributed by atoms with E-state index in [4.69, 9.17) is 4.74 Å². The lowest BCUT2D eigenvalue weighted by Crippen LogP contribution is -2.36. The van der Waals surface area contributed by atoms with Crippen LogP contribution in [0.4, 0.5) is 5.13 Å². The second-order valence-corrected chi connectivity index (χ2v) is 7.71. The molecule has 0 bridgehead atoms. The first-order valence-electron chi connectivity index (χ1n) is 9.19. The Balaban J connectivity index is 1.51. The van der Waals surface area contributed by atoms with E-state index in [-0.39, 0.29) is 29.6 Å². The van der Waals surface area contributed by atoms with Gasteiger partial charge in [-0.1, -0.05) is 24.2 Å². The van der Waals surface area contributed by atoms with E-state index < -0.39 is 0 Å². The number of anilines is 1. The van der Waals surface area contributed by atoms with E-state index in [9.17, 15) is 9.90 Å². The van der Waals surface area contributed by atoms with Gasteiger partial charge in [-0.2, -0.15) is 0 Å². The van der Waals surface area contributed by atoms with Gasteiger partial charge >= 0.3 is 0 Å². The first-order valence-corrected chi connectivity index (χ1v) is 10.0. The van der Waals surface area contributed by atoms with Crippen molar-refractivity contribution in [2.75, 3.05) is 12.4 Å². The number of carbonyl (C=O) groups excluding carboxylic acids is 1. The van der Waals surface area contributed by atoms with Gasteiger partial charge in [-0.3, -0.25) is 9.78 Å². The van der Waals surface area contributed by atoms with Crippen LogP contribution in [-0.4, -0.2) is 45.2 Å². The summed E-state index contributed by atoms with van der Waals surface area (Å²) in [4.78, 5) is 24.4. The van der Waals surface area contributed by atoms with Crippen LogP contribution in [0.5, 0.6) is 11.6 Å². The van der Waals surface area contributed by atoms with Gasteiger partial charge in [0.15, 0.2) is 5.13 Å². The normalized spacial score (nSPS) is 19.4. The zero-order valence-corrected chi connectivity index (χ0v) is 16.2. The molecular weight excluding hydrogens is 378 g/mol. The van der Waals surface area contributed by atoms with Gasteiger partial charge in [-0.15, -0.1) is 0 Å². The zero-order chi connectivity index (χ0) is 19.5. The minimum atomic E-state index is -0.328. The van der Waals surface area contributed by atoms with Gasteiger partial charge in [-0.25, -0.2) is 9.97 Å². The number of aliphatic hydroxyl groups excluding tert-OH is 1. The van der Waals surface area contributed by atoms with Crippen LogP contribution in [0.1, 0.15) is 36.2 Å². The highest BCUT2D eigenvalue weighted by molar-refractivity contribution is 7.22. The topological polar surface area (TPSA) is 109 Å². The van der Waals surface area contributed by atoms with Gasteiger partial charge in [-0.05, 0) is 25.0 Å². The summed E-state index contributed by atoms with van der Waals surface area (Å²) < 4.78 is 6.72. The highest BCUT2D eigenvalue weighted by Gasteiger charge is 2.23. The Kier molecular flexibility index (Phi) is 5.36. The molecule has 8 nitrogen and oxygen atoms in total. The van der Waals surface area contributed by atoms with Crippen LogP contribution in [0.2, 0.25) is 0 Å². The maximum atomic E-state index is 11.7. The van der Waals surface area contributed by atoms with E-state index in [0.29, 0.717) is 5.75 Å². The number of benzene rings is 1. The molecule has 3 aromatic rings. The van der Waals surface area contributed by atoms with Crippen LogP contribution in [0.3, 0.4) is 0 Å². The third kappa shape index (κ3) is 4.05. The highest BCUT2D eigenvalue weighted by atomic mass is 32.1. The molecular formula is C19H21N5O3S. The summed E-state index contributed by atoms with van der Waals surface area (Å²) in [7, 11) is 1.53. The second kappa shape index (κ2) is 8.07. The molecule has 1 aliphatic rings. The molecule has 1 aliphatic carbocycles. The van der Waals surface area contributed by atoms with Crippen LogP contribution in [0.25, 0.3) is 10.2 Å². The molecule has 0 saturated heterocycles. The molecule has 9 heteroatoms. The third-order valence-electron chi connectivity index (χ3n) is 4.69. The van der Waals surface area contributed by atoms with Crippen molar-refractivity contribution >= 4 is 32.6 Å². The molecule has 4 rings (SSSR count). The van der Waals surface area contributed by atoms with Crippen molar-refractivity contribution in [3.63, 3.8) is 0 Å². The molecule has 0 radical (unpaired) electrons. The number of aliphatic hydroxyl groups is 1. The van der Waals surface area contributed by atoms with E-state index in [0.717, 1.165) is 41.0 Å². The monoisotopic (exact) mass is 399 g/mol. The molecule has 2 heterocycles. The molecule has 1 saturated carbocycles. The van der Waals surface area contributed by atoms with Crippen molar-refractivity contribution in [1.29, 1.82) is 0 Å². The van der Waals surface area contributed by atoms with E-state index in [1.54, 1.807) is 6.07 Å². The lowest BCUT2D eigenvalue weighted by molar-refractivity contribution is 0.0957. The Morgan fingerprint density at radius 3 is 2.93 bits per heavy atom. The van der Waals surface area contributed by atoms with Crippen molar-refractivity contribution < 1.29 is 14.6 Å². The van der Waals surface area contributed by atoms with Crippen LogP contribution in [0.15, 0.2) is 30.6 Å². The first-order chi connectivity index (χ1) is 13.6. The summed E-state index contributed by atoms with van der Waals surface area (Å²) >= 11 is 1.52. The fraction of sp³-hybridized carbons (Fsp3) is 0.368. The zero-order valence-electron chi connectivity index (χ0n) is 15.4. The highest BCUT2D eigenvalue weighted by Crippen LogP contribution is 2.32. The van der Waals surface area contributed by atoms with Crippen molar-refractivity contribution in [3.8, 4) is 11.6 Å². The average molecular weight is 399 g/mol. The summed E-state index contributed by atoms with van der Waals surface area (Å²) in [6, 6.07) is 5.60. The molecule has 0 aliphatic heterocycles. The lowest BCUT2D eigenvalue weighted by Gasteiger charge is -2.27. The molecule has 1 aromatic carbocycles. The Bertz CT molecular complexity index is 993. The van der Waals surface area contributed by atoms with Gasteiger partial charge in [0.1, 0.15) is 11.4 Å². The van der Waals surface area contributed by atoms with Crippen molar-refractivity contribution in [2.45, 2.75) is 37.8 Å². The van der Waals surface area contributed by atoms with Crippen LogP contribution in [0, 0.1) is 0 Å². The predicted molar refractivity (Wildman–Crippen MR) is 107 cm³/mol. The minimum absolute atomic E-state index is 0.0489. The van der Waals surface area contributed by atoms with E-state index in [1.807, 2.05) is 12.1 Å². The number of nitrogens with one attached hydrogen (secondary N) is 2. The molecule has 3 N–H and O–H groups in total. The predicted octanol–water partition coefficient (Wildman–Crippen LogP) is 2.95. The Morgan fingerprint density at radius 2 is 2.11 bits per heavy atom. The van der Waals surface area contributed by atoms with Gasteiger partial charge in [0.2, 0.25) is 5.88 Å². The maximum absolute atomic E-state index is 11.7. The number of amides is 1. The summed E-state index contributed by atoms with van der Waals surface area (Å²) in [6.07, 6.45) is 6.49. The number of nitrogens with zero attached hydrogens (tertiary/aromatic N) is 3. The number of fused-ring (bicyclic) bond motifs is 1. The van der Waals surface area contributed by atoms with Crippen molar-refractivity contribution in [1.82, 2.24) is 20.3 Å². The molecule has 2 aromatic heterocycles. The summed E-state index contributed by atoms with van der Waals surface area (Å²) in [6.45, 7) is 0. The summed E-state index contributed by atoms with van der Waals surface area (Å²) in [5.74, 6) is 0.508. The largest absolute Gasteiger partial charge is 0.437 e. The molecule has 2 atom stereocenters. The van der Waals surface area contributed by atoms with Gasteiger partial charge in [0, 0.05) is 13.1 Å². The quantitative estimate of drug-likeness (QED) is 0.605. The van der Waals surface area contributed by atoms with Crippen molar-refractivity contribution in [3.05, 3.63) is 36.3 Å². The van der Waals surface area contributed by atoms with Gasteiger partial charge in [0.25, 0.3) is 5.91 Å². The number of ether oxygens (including phenoxy) is 1. The SMILES string of the molecule is CNC(=O)c1cncc(Oc2ccc3nc(N[C@@H]4CCCC[C@H]4O)sc3c2)n1. The first kappa shape index (κ1) is 18.6. The smallest absolute Gasteiger partial charge is 0.271 e. The Labute approximate surface area is 166 Å². The lowest BCUT2D eigenvalue weighted by atomic mass is 9.93. The number of aromatic nitrogens is 3. The molecule has 146 valence electrons. The number of carbonyl (C=O) groups is 1.